The van der Waals surface area contributed by atoms with Crippen LogP contribution in [0.3, 0.4) is 0 Å². The molecule has 0 bridgehead atoms. The van der Waals surface area contributed by atoms with E-state index in [-0.39, 0.29) is 17.2 Å². The summed E-state index contributed by atoms with van der Waals surface area (Å²) < 4.78 is 30.1. The van der Waals surface area contributed by atoms with Crippen molar-refractivity contribution >= 4 is 5.97 Å². The molecule has 0 N–H and O–H groups in total. The van der Waals surface area contributed by atoms with Gasteiger partial charge in [0.05, 0.1) is 11.7 Å². The number of esters is 1. The molecule has 0 aliphatic rings. The Morgan fingerprint density at radius 1 is 1.31 bits per heavy atom. The topological polar surface area (TPSA) is 26.3 Å². The Morgan fingerprint density at radius 2 is 1.94 bits per heavy atom. The minimum Gasteiger partial charge on any atom is -0.459 e. The van der Waals surface area contributed by atoms with Gasteiger partial charge in [-0.25, -0.2) is 13.6 Å². The van der Waals surface area contributed by atoms with Crippen molar-refractivity contribution in [3.63, 3.8) is 0 Å². The Morgan fingerprint density at radius 3 is 2.44 bits per heavy atom. The molecule has 0 aliphatic heterocycles. The van der Waals surface area contributed by atoms with Crippen molar-refractivity contribution in [2.45, 2.75) is 33.3 Å². The summed E-state index contributed by atoms with van der Waals surface area (Å²) in [5.74, 6) is -0.572. The van der Waals surface area contributed by atoms with E-state index in [1.165, 1.54) is 18.2 Å². The zero-order valence-corrected chi connectivity index (χ0v) is 9.46. The van der Waals surface area contributed by atoms with Gasteiger partial charge in [0.15, 0.2) is 0 Å². The summed E-state index contributed by atoms with van der Waals surface area (Å²) in [5, 5.41) is 0. The number of aryl methyl sites for hydroxylation is 1. The van der Waals surface area contributed by atoms with E-state index >= 15 is 0 Å². The number of halogens is 2. The molecule has 1 rings (SSSR count). The zero-order chi connectivity index (χ0) is 12.3. The fourth-order valence-corrected chi connectivity index (χ4v) is 1.28. The Kier molecular flexibility index (Phi) is 3.99. The van der Waals surface area contributed by atoms with E-state index in [0.29, 0.717) is 5.56 Å². The van der Waals surface area contributed by atoms with E-state index < -0.39 is 12.4 Å². The lowest BCUT2D eigenvalue weighted by Crippen LogP contribution is -2.12. The van der Waals surface area contributed by atoms with Gasteiger partial charge in [-0.05, 0) is 38.5 Å². The predicted octanol–water partition coefficient (Wildman–Crippen LogP) is 3.50. The molecular weight excluding hydrogens is 214 g/mol. The zero-order valence-electron chi connectivity index (χ0n) is 9.46. The summed E-state index contributed by atoms with van der Waals surface area (Å²) in [5.41, 5.74) is 0.504. The molecule has 2 nitrogen and oxygen atoms in total. The highest BCUT2D eigenvalue weighted by Gasteiger charge is 2.15. The maximum absolute atomic E-state index is 12.6. The van der Waals surface area contributed by atoms with Crippen LogP contribution >= 0.6 is 0 Å². The lowest BCUT2D eigenvalue weighted by molar-refractivity contribution is 0.0377. The molecule has 0 aliphatic carbocycles. The summed E-state index contributed by atoms with van der Waals surface area (Å²) in [7, 11) is 0. The fraction of sp³-hybridized carbons (Fsp3) is 0.417. The van der Waals surface area contributed by atoms with Crippen LogP contribution < -0.4 is 0 Å². The number of hydrogen-bond acceptors (Lipinski definition) is 2. The normalized spacial score (nSPS) is 10.9. The number of ether oxygens (including phenoxy) is 1. The molecule has 0 fully saturated rings. The third kappa shape index (κ3) is 3.02. The van der Waals surface area contributed by atoms with E-state index in [9.17, 15) is 13.6 Å². The van der Waals surface area contributed by atoms with E-state index in [4.69, 9.17) is 4.74 Å². The number of alkyl halides is 2. The standard InChI is InChI=1S/C12H14F2O2/c1-7(2)16-12(15)9-5-4-8(3)10(6-9)11(13)14/h4-7,11H,1-3H3. The van der Waals surface area contributed by atoms with Crippen LogP contribution in [0.15, 0.2) is 18.2 Å². The number of carbonyl (C=O) groups excluding carboxylic acids is 1. The Hall–Kier alpha value is -1.45. The summed E-state index contributed by atoms with van der Waals surface area (Å²) in [6, 6.07) is 4.18. The molecule has 0 atom stereocenters. The SMILES string of the molecule is Cc1ccc(C(=O)OC(C)C)cc1C(F)F. The van der Waals surface area contributed by atoms with Crippen molar-refractivity contribution in [1.29, 1.82) is 0 Å². The smallest absolute Gasteiger partial charge is 0.338 e. The van der Waals surface area contributed by atoms with Gasteiger partial charge in [0.25, 0.3) is 6.43 Å². The van der Waals surface area contributed by atoms with Crippen molar-refractivity contribution in [2.75, 3.05) is 0 Å². The van der Waals surface area contributed by atoms with Crippen LogP contribution in [0.4, 0.5) is 8.78 Å². The second-order valence-electron chi connectivity index (χ2n) is 3.83. The van der Waals surface area contributed by atoms with Gasteiger partial charge in [0.2, 0.25) is 0 Å². The van der Waals surface area contributed by atoms with Gasteiger partial charge in [0, 0.05) is 5.56 Å². The van der Waals surface area contributed by atoms with Crippen molar-refractivity contribution < 1.29 is 18.3 Å². The first-order valence-electron chi connectivity index (χ1n) is 5.01. The number of hydrogen-bond donors (Lipinski definition) is 0. The van der Waals surface area contributed by atoms with E-state index in [1.807, 2.05) is 0 Å². The van der Waals surface area contributed by atoms with Crippen LogP contribution in [-0.2, 0) is 4.74 Å². The first kappa shape index (κ1) is 12.6. The summed E-state index contributed by atoms with van der Waals surface area (Å²) in [6.07, 6.45) is -2.84. The average molecular weight is 228 g/mol. The van der Waals surface area contributed by atoms with Crippen LogP contribution in [-0.4, -0.2) is 12.1 Å². The predicted molar refractivity (Wildman–Crippen MR) is 56.7 cm³/mol. The van der Waals surface area contributed by atoms with Gasteiger partial charge < -0.3 is 4.74 Å². The molecule has 16 heavy (non-hydrogen) atoms. The average Bonchev–Trinajstić information content (AvgIpc) is 2.16. The Balaban J connectivity index is 2.98. The van der Waals surface area contributed by atoms with Crippen LogP contribution in [0.5, 0.6) is 0 Å². The van der Waals surface area contributed by atoms with Gasteiger partial charge in [0.1, 0.15) is 0 Å². The molecule has 0 radical (unpaired) electrons. The highest BCUT2D eigenvalue weighted by molar-refractivity contribution is 5.89. The van der Waals surface area contributed by atoms with Crippen LogP contribution in [0, 0.1) is 6.92 Å². The number of rotatable bonds is 3. The summed E-state index contributed by atoms with van der Waals surface area (Å²) in [4.78, 5) is 11.5. The molecule has 1 aromatic rings. The molecule has 0 saturated heterocycles. The fourth-order valence-electron chi connectivity index (χ4n) is 1.28. The largest absolute Gasteiger partial charge is 0.459 e. The van der Waals surface area contributed by atoms with Crippen LogP contribution in [0.2, 0.25) is 0 Å². The second kappa shape index (κ2) is 5.05. The Bertz CT molecular complexity index is 387. The van der Waals surface area contributed by atoms with E-state index in [1.54, 1.807) is 20.8 Å². The molecule has 0 unspecified atom stereocenters. The molecule has 88 valence electrons. The first-order chi connectivity index (χ1) is 7.41. The van der Waals surface area contributed by atoms with Gasteiger partial charge in [-0.15, -0.1) is 0 Å². The van der Waals surface area contributed by atoms with Crippen molar-refractivity contribution in [3.8, 4) is 0 Å². The monoisotopic (exact) mass is 228 g/mol. The molecule has 0 saturated carbocycles. The number of benzene rings is 1. The third-order valence-corrected chi connectivity index (χ3v) is 2.09. The van der Waals surface area contributed by atoms with Gasteiger partial charge in [-0.1, -0.05) is 6.07 Å². The minimum absolute atomic E-state index is 0.127. The molecule has 4 heteroatoms. The molecule has 0 heterocycles. The maximum Gasteiger partial charge on any atom is 0.338 e. The van der Waals surface area contributed by atoms with Crippen molar-refractivity contribution in [2.24, 2.45) is 0 Å². The summed E-state index contributed by atoms with van der Waals surface area (Å²) in [6.45, 7) is 5.00. The van der Waals surface area contributed by atoms with Crippen LogP contribution in [0.25, 0.3) is 0 Å². The lowest BCUT2D eigenvalue weighted by atomic mass is 10.1. The highest BCUT2D eigenvalue weighted by Crippen LogP contribution is 2.24. The molecule has 0 spiro atoms. The molecule has 1 aromatic carbocycles. The van der Waals surface area contributed by atoms with Crippen molar-refractivity contribution in [3.05, 3.63) is 34.9 Å². The Labute approximate surface area is 93.2 Å². The van der Waals surface area contributed by atoms with E-state index in [0.717, 1.165) is 0 Å². The lowest BCUT2D eigenvalue weighted by Gasteiger charge is -2.10. The molecule has 0 aromatic heterocycles. The molecular formula is C12H14F2O2. The summed E-state index contributed by atoms with van der Waals surface area (Å²) >= 11 is 0. The van der Waals surface area contributed by atoms with Gasteiger partial charge >= 0.3 is 5.97 Å². The van der Waals surface area contributed by atoms with Gasteiger partial charge in [-0.3, -0.25) is 0 Å². The number of carbonyl (C=O) groups is 1. The van der Waals surface area contributed by atoms with Crippen molar-refractivity contribution in [1.82, 2.24) is 0 Å². The minimum atomic E-state index is -2.58. The molecule has 0 amide bonds. The van der Waals surface area contributed by atoms with E-state index in [2.05, 4.69) is 0 Å². The second-order valence-corrected chi connectivity index (χ2v) is 3.83. The quantitative estimate of drug-likeness (QED) is 0.740. The van der Waals surface area contributed by atoms with Gasteiger partial charge in [-0.2, -0.15) is 0 Å². The first-order valence-corrected chi connectivity index (χ1v) is 5.01. The maximum atomic E-state index is 12.6. The third-order valence-electron chi connectivity index (χ3n) is 2.09. The van der Waals surface area contributed by atoms with Crippen LogP contribution in [0.1, 0.15) is 41.8 Å². The highest BCUT2D eigenvalue weighted by atomic mass is 19.3.